The van der Waals surface area contributed by atoms with Crippen molar-refractivity contribution in [3.63, 3.8) is 0 Å². The molecule has 2 aromatic rings. The van der Waals surface area contributed by atoms with Crippen molar-refractivity contribution in [2.45, 2.75) is 20.4 Å². The number of aromatic nitrogens is 3. The summed E-state index contributed by atoms with van der Waals surface area (Å²) in [6.45, 7) is 5.69. The number of nitrogens with zero attached hydrogens (tertiary/aromatic N) is 3. The van der Waals surface area contributed by atoms with Gasteiger partial charge in [-0.05, 0) is 41.9 Å². The molecule has 0 atom stereocenters. The Labute approximate surface area is 102 Å². The Morgan fingerprint density at radius 2 is 2.19 bits per heavy atom. The number of hydrogen-bond acceptors (Lipinski definition) is 4. The summed E-state index contributed by atoms with van der Waals surface area (Å²) < 4.78 is 8.14. The van der Waals surface area contributed by atoms with Crippen LogP contribution in [-0.4, -0.2) is 21.3 Å². The van der Waals surface area contributed by atoms with Gasteiger partial charge in [-0.2, -0.15) is 0 Å². The van der Waals surface area contributed by atoms with Crippen LogP contribution in [0.4, 0.5) is 5.95 Å². The molecule has 2 heterocycles. The minimum Gasteiger partial charge on any atom is -0.446 e. The fourth-order valence-corrected chi connectivity index (χ4v) is 1.81. The molecule has 2 aromatic heterocycles. The van der Waals surface area contributed by atoms with E-state index in [9.17, 15) is 0 Å². The molecule has 0 spiro atoms. The summed E-state index contributed by atoms with van der Waals surface area (Å²) >= 11 is 3.27. The van der Waals surface area contributed by atoms with Crippen LogP contribution in [0, 0.1) is 0 Å². The topological polar surface area (TPSA) is 55.9 Å². The molecule has 0 unspecified atom stereocenters. The Morgan fingerprint density at radius 3 is 2.75 bits per heavy atom. The van der Waals surface area contributed by atoms with Gasteiger partial charge >= 0.3 is 0 Å². The largest absolute Gasteiger partial charge is 0.446 e. The summed E-state index contributed by atoms with van der Waals surface area (Å²) in [5, 5.41) is 11.4. The van der Waals surface area contributed by atoms with Crippen LogP contribution in [0.15, 0.2) is 21.2 Å². The van der Waals surface area contributed by atoms with Gasteiger partial charge in [-0.25, -0.2) is 0 Å². The van der Waals surface area contributed by atoms with E-state index in [2.05, 4.69) is 31.4 Å². The van der Waals surface area contributed by atoms with Crippen LogP contribution in [0.25, 0.3) is 11.6 Å². The van der Waals surface area contributed by atoms with Crippen LogP contribution < -0.4 is 5.32 Å². The van der Waals surface area contributed by atoms with Crippen LogP contribution in [0.3, 0.4) is 0 Å². The Hall–Kier alpha value is -1.30. The summed E-state index contributed by atoms with van der Waals surface area (Å²) in [5.74, 6) is 2.22. The lowest BCUT2D eigenvalue weighted by molar-refractivity contribution is 0.546. The fourth-order valence-electron chi connectivity index (χ4n) is 1.51. The van der Waals surface area contributed by atoms with Gasteiger partial charge in [0.1, 0.15) is 0 Å². The molecule has 0 radical (unpaired) electrons. The summed E-state index contributed by atoms with van der Waals surface area (Å²) in [5.41, 5.74) is 0. The van der Waals surface area contributed by atoms with Gasteiger partial charge in [0.25, 0.3) is 0 Å². The Balaban J connectivity index is 2.41. The maximum Gasteiger partial charge on any atom is 0.224 e. The van der Waals surface area contributed by atoms with E-state index < -0.39 is 0 Å². The zero-order valence-corrected chi connectivity index (χ0v) is 10.8. The van der Waals surface area contributed by atoms with Crippen molar-refractivity contribution >= 4 is 21.9 Å². The van der Waals surface area contributed by atoms with Crippen LogP contribution in [-0.2, 0) is 6.54 Å². The van der Waals surface area contributed by atoms with Gasteiger partial charge < -0.3 is 9.73 Å². The highest BCUT2D eigenvalue weighted by Crippen LogP contribution is 2.25. The number of anilines is 1. The second kappa shape index (κ2) is 4.69. The van der Waals surface area contributed by atoms with E-state index >= 15 is 0 Å². The molecule has 5 nitrogen and oxygen atoms in total. The SMILES string of the molecule is CCNc1nnc(-c2ccc(Br)o2)n1CC. The first-order chi connectivity index (χ1) is 7.76. The molecule has 0 saturated carbocycles. The Bertz CT molecular complexity index is 477. The van der Waals surface area contributed by atoms with Crippen molar-refractivity contribution in [3.05, 3.63) is 16.8 Å². The molecule has 0 saturated heterocycles. The Kier molecular flexibility index (Phi) is 3.28. The molecule has 86 valence electrons. The number of hydrogen-bond donors (Lipinski definition) is 1. The highest BCUT2D eigenvalue weighted by atomic mass is 79.9. The molecule has 16 heavy (non-hydrogen) atoms. The molecule has 0 fully saturated rings. The number of nitrogens with one attached hydrogen (secondary N) is 1. The summed E-state index contributed by atoms with van der Waals surface area (Å²) in [6, 6.07) is 3.72. The van der Waals surface area contributed by atoms with Gasteiger partial charge in [-0.15, -0.1) is 10.2 Å². The predicted molar refractivity (Wildman–Crippen MR) is 65.3 cm³/mol. The smallest absolute Gasteiger partial charge is 0.224 e. The number of rotatable bonds is 4. The zero-order chi connectivity index (χ0) is 11.5. The fraction of sp³-hybridized carbons (Fsp3) is 0.400. The van der Waals surface area contributed by atoms with Crippen LogP contribution in [0.5, 0.6) is 0 Å². The van der Waals surface area contributed by atoms with E-state index in [1.54, 1.807) is 0 Å². The van der Waals surface area contributed by atoms with Gasteiger partial charge in [-0.1, -0.05) is 0 Å². The van der Waals surface area contributed by atoms with E-state index in [-0.39, 0.29) is 0 Å². The quantitative estimate of drug-likeness (QED) is 0.938. The summed E-state index contributed by atoms with van der Waals surface area (Å²) in [6.07, 6.45) is 0. The predicted octanol–water partition coefficient (Wildman–Crippen LogP) is 2.75. The van der Waals surface area contributed by atoms with Crippen molar-refractivity contribution in [3.8, 4) is 11.6 Å². The van der Waals surface area contributed by atoms with Gasteiger partial charge in [0.2, 0.25) is 11.8 Å². The van der Waals surface area contributed by atoms with Crippen molar-refractivity contribution in [2.24, 2.45) is 0 Å². The average Bonchev–Trinajstić information content (AvgIpc) is 2.85. The lowest BCUT2D eigenvalue weighted by Gasteiger charge is -2.05. The van der Waals surface area contributed by atoms with Gasteiger partial charge in [0.05, 0.1) is 0 Å². The molecular formula is C10H13BrN4O. The minimum atomic E-state index is 0.693. The first-order valence-corrected chi connectivity index (χ1v) is 5.98. The van der Waals surface area contributed by atoms with Crippen LogP contribution in [0.2, 0.25) is 0 Å². The second-order valence-electron chi connectivity index (χ2n) is 3.23. The third kappa shape index (κ3) is 1.97. The molecule has 1 N–H and O–H groups in total. The van der Waals surface area contributed by atoms with Gasteiger partial charge in [-0.3, -0.25) is 4.57 Å². The highest BCUT2D eigenvalue weighted by Gasteiger charge is 2.14. The molecule has 0 aliphatic rings. The first kappa shape index (κ1) is 11.2. The standard InChI is InChI=1S/C10H13BrN4O/c1-3-12-10-14-13-9(15(10)4-2)7-5-6-8(11)16-7/h5-6H,3-4H2,1-2H3,(H,12,14). The lowest BCUT2D eigenvalue weighted by Crippen LogP contribution is -2.06. The second-order valence-corrected chi connectivity index (χ2v) is 4.01. The molecule has 0 bridgehead atoms. The number of furan rings is 1. The summed E-state index contributed by atoms with van der Waals surface area (Å²) in [4.78, 5) is 0. The van der Waals surface area contributed by atoms with E-state index in [1.165, 1.54) is 0 Å². The zero-order valence-electron chi connectivity index (χ0n) is 9.20. The maximum atomic E-state index is 5.47. The molecule has 0 aromatic carbocycles. The normalized spacial score (nSPS) is 10.7. The molecule has 0 amide bonds. The maximum absolute atomic E-state index is 5.47. The van der Waals surface area contributed by atoms with E-state index in [0.717, 1.165) is 24.9 Å². The first-order valence-electron chi connectivity index (χ1n) is 5.19. The van der Waals surface area contributed by atoms with E-state index in [0.29, 0.717) is 10.4 Å². The number of halogens is 1. The molecular weight excluding hydrogens is 272 g/mol. The van der Waals surface area contributed by atoms with E-state index in [4.69, 9.17) is 4.42 Å². The van der Waals surface area contributed by atoms with Crippen molar-refractivity contribution in [1.29, 1.82) is 0 Å². The van der Waals surface area contributed by atoms with Crippen LogP contribution >= 0.6 is 15.9 Å². The third-order valence-corrected chi connectivity index (χ3v) is 2.62. The molecule has 2 rings (SSSR count). The third-order valence-electron chi connectivity index (χ3n) is 2.20. The molecule has 0 aliphatic carbocycles. The molecule has 6 heteroatoms. The molecule has 0 aliphatic heterocycles. The minimum absolute atomic E-state index is 0.693. The average molecular weight is 285 g/mol. The Morgan fingerprint density at radius 1 is 1.38 bits per heavy atom. The summed E-state index contributed by atoms with van der Waals surface area (Å²) in [7, 11) is 0. The van der Waals surface area contributed by atoms with Crippen molar-refractivity contribution in [2.75, 3.05) is 11.9 Å². The van der Waals surface area contributed by atoms with Crippen molar-refractivity contribution < 1.29 is 4.42 Å². The van der Waals surface area contributed by atoms with Crippen molar-refractivity contribution in [1.82, 2.24) is 14.8 Å². The lowest BCUT2D eigenvalue weighted by atomic mass is 10.4. The monoisotopic (exact) mass is 284 g/mol. The highest BCUT2D eigenvalue weighted by molar-refractivity contribution is 9.10. The van der Waals surface area contributed by atoms with Gasteiger partial charge in [0, 0.05) is 13.1 Å². The van der Waals surface area contributed by atoms with Gasteiger partial charge in [0.15, 0.2) is 10.4 Å². The van der Waals surface area contributed by atoms with Crippen LogP contribution in [0.1, 0.15) is 13.8 Å². The van der Waals surface area contributed by atoms with E-state index in [1.807, 2.05) is 30.5 Å².